The van der Waals surface area contributed by atoms with Crippen LogP contribution >= 0.6 is 0 Å². The van der Waals surface area contributed by atoms with Crippen molar-refractivity contribution in [3.05, 3.63) is 114 Å². The van der Waals surface area contributed by atoms with Gasteiger partial charge < -0.3 is 0 Å². The van der Waals surface area contributed by atoms with E-state index >= 15 is 0 Å². The number of rotatable bonds is 6. The van der Waals surface area contributed by atoms with Gasteiger partial charge in [-0.25, -0.2) is 0 Å². The molecule has 0 saturated heterocycles. The zero-order valence-electron chi connectivity index (χ0n) is 23.1. The average Bonchev–Trinajstić information content (AvgIpc) is 2.88. The molecule has 4 aromatic carbocycles. The Labute approximate surface area is 218 Å². The molecule has 0 amide bonds. The van der Waals surface area contributed by atoms with E-state index in [4.69, 9.17) is 0 Å². The third-order valence-electron chi connectivity index (χ3n) is 7.72. The lowest BCUT2D eigenvalue weighted by molar-refractivity contribution is 0.507. The molecule has 4 aromatic rings. The molecule has 0 atom stereocenters. The van der Waals surface area contributed by atoms with Gasteiger partial charge in [0.1, 0.15) is 0 Å². The monoisotopic (exact) mass is 472 g/mol. The predicted octanol–water partition coefficient (Wildman–Crippen LogP) is 10.8. The van der Waals surface area contributed by atoms with Gasteiger partial charge in [-0.2, -0.15) is 0 Å². The molecule has 0 unspecified atom stereocenters. The number of benzene rings is 4. The van der Waals surface area contributed by atoms with Crippen LogP contribution in [0.3, 0.4) is 0 Å². The van der Waals surface area contributed by atoms with Gasteiger partial charge in [0.25, 0.3) is 0 Å². The average molecular weight is 473 g/mol. The van der Waals surface area contributed by atoms with Crippen molar-refractivity contribution >= 4 is 27.1 Å². The van der Waals surface area contributed by atoms with Crippen LogP contribution in [0, 0.1) is 0 Å². The van der Waals surface area contributed by atoms with Gasteiger partial charge in [0.05, 0.1) is 0 Å². The molecule has 0 saturated carbocycles. The highest BCUT2D eigenvalue weighted by atomic mass is 14.3. The van der Waals surface area contributed by atoms with Crippen molar-refractivity contribution in [2.75, 3.05) is 0 Å². The van der Waals surface area contributed by atoms with Crippen molar-refractivity contribution in [1.82, 2.24) is 0 Å². The number of allylic oxidation sites excluding steroid dienone is 5. The fourth-order valence-electron chi connectivity index (χ4n) is 5.03. The lowest BCUT2D eigenvalue weighted by Gasteiger charge is -2.26. The molecule has 0 aromatic heterocycles. The topological polar surface area (TPSA) is 0 Å². The van der Waals surface area contributed by atoms with Crippen LogP contribution in [0.5, 0.6) is 0 Å². The standard InChI is InChI=1S/C36H40/c1-9-12-16-25(10-2)33-31-23-27(35(4,5)6)19-21-29(31)30-22-20-28(36(7,8)11-3)24-32(30)34(33)26-17-14-13-15-18-26/h9-10,12-24H,1,11H2,2-8H3/b16-12-,25-10+. The summed E-state index contributed by atoms with van der Waals surface area (Å²) in [6, 6.07) is 25.1. The second kappa shape index (κ2) is 9.94. The van der Waals surface area contributed by atoms with E-state index in [1.54, 1.807) is 0 Å². The number of fused-ring (bicyclic) bond motifs is 3. The summed E-state index contributed by atoms with van der Waals surface area (Å²) in [6.45, 7) is 19.9. The van der Waals surface area contributed by atoms with Gasteiger partial charge in [0.15, 0.2) is 0 Å². The molecular formula is C36H40. The Morgan fingerprint density at radius 3 is 1.97 bits per heavy atom. The summed E-state index contributed by atoms with van der Waals surface area (Å²) >= 11 is 0. The minimum Gasteiger partial charge on any atom is -0.0991 e. The first-order valence-electron chi connectivity index (χ1n) is 13.2. The van der Waals surface area contributed by atoms with E-state index in [9.17, 15) is 0 Å². The van der Waals surface area contributed by atoms with E-state index in [-0.39, 0.29) is 10.8 Å². The van der Waals surface area contributed by atoms with Gasteiger partial charge in [-0.05, 0) is 91.2 Å². The largest absolute Gasteiger partial charge is 0.0991 e. The normalized spacial score (nSPS) is 13.1. The van der Waals surface area contributed by atoms with E-state index in [1.165, 1.54) is 54.9 Å². The van der Waals surface area contributed by atoms with Crippen LogP contribution in [0.25, 0.3) is 38.2 Å². The molecule has 0 spiro atoms. The molecule has 0 aliphatic heterocycles. The molecule has 0 heterocycles. The first-order valence-corrected chi connectivity index (χ1v) is 13.2. The van der Waals surface area contributed by atoms with E-state index in [0.717, 1.165) is 6.42 Å². The molecule has 0 nitrogen and oxygen atoms in total. The summed E-state index contributed by atoms with van der Waals surface area (Å²) in [6.07, 6.45) is 9.43. The maximum Gasteiger partial charge on any atom is -0.00204 e. The Kier molecular flexibility index (Phi) is 7.10. The summed E-state index contributed by atoms with van der Waals surface area (Å²) in [5, 5.41) is 5.24. The van der Waals surface area contributed by atoms with Crippen LogP contribution in [0.2, 0.25) is 0 Å². The van der Waals surface area contributed by atoms with Crippen molar-refractivity contribution in [2.24, 2.45) is 0 Å². The Hall–Kier alpha value is -3.38. The minimum absolute atomic E-state index is 0.0649. The van der Waals surface area contributed by atoms with E-state index in [0.29, 0.717) is 0 Å². The van der Waals surface area contributed by atoms with Gasteiger partial charge in [0, 0.05) is 0 Å². The highest BCUT2D eigenvalue weighted by Crippen LogP contribution is 2.45. The van der Waals surface area contributed by atoms with Gasteiger partial charge in [-0.15, -0.1) is 0 Å². The first-order chi connectivity index (χ1) is 17.1. The summed E-state index contributed by atoms with van der Waals surface area (Å²) < 4.78 is 0. The number of hydrogen-bond donors (Lipinski definition) is 0. The molecule has 4 rings (SSSR count). The molecule has 0 bridgehead atoms. The van der Waals surface area contributed by atoms with E-state index in [2.05, 4.69) is 134 Å². The Bertz CT molecular complexity index is 1470. The summed E-state index contributed by atoms with van der Waals surface area (Å²) in [4.78, 5) is 0. The summed E-state index contributed by atoms with van der Waals surface area (Å²) in [5.74, 6) is 0. The quantitative estimate of drug-likeness (QED) is 0.193. The molecule has 0 aliphatic carbocycles. The Morgan fingerprint density at radius 2 is 1.39 bits per heavy atom. The molecule has 0 radical (unpaired) electrons. The molecule has 0 aliphatic rings. The second-order valence-corrected chi connectivity index (χ2v) is 11.5. The number of hydrogen-bond acceptors (Lipinski definition) is 0. The van der Waals surface area contributed by atoms with Crippen LogP contribution in [0.15, 0.2) is 97.6 Å². The first kappa shape index (κ1) is 25.7. The highest BCUT2D eigenvalue weighted by Gasteiger charge is 2.23. The maximum atomic E-state index is 3.93. The molecule has 36 heavy (non-hydrogen) atoms. The summed E-state index contributed by atoms with van der Waals surface area (Å²) in [5.41, 5.74) is 7.97. The Balaban J connectivity index is 2.29. The molecule has 0 fully saturated rings. The van der Waals surface area contributed by atoms with Crippen LogP contribution < -0.4 is 0 Å². The predicted molar refractivity (Wildman–Crippen MR) is 162 cm³/mol. The van der Waals surface area contributed by atoms with Crippen molar-refractivity contribution in [2.45, 2.75) is 65.7 Å². The smallest absolute Gasteiger partial charge is 0.00204 e. The van der Waals surface area contributed by atoms with Gasteiger partial charge in [-0.3, -0.25) is 0 Å². The van der Waals surface area contributed by atoms with Crippen molar-refractivity contribution in [3.63, 3.8) is 0 Å². The van der Waals surface area contributed by atoms with Crippen LogP contribution in [-0.4, -0.2) is 0 Å². The van der Waals surface area contributed by atoms with E-state index in [1.807, 2.05) is 12.2 Å². The van der Waals surface area contributed by atoms with Gasteiger partial charge in [0.2, 0.25) is 0 Å². The fourth-order valence-corrected chi connectivity index (χ4v) is 5.03. The van der Waals surface area contributed by atoms with Crippen molar-refractivity contribution in [1.29, 1.82) is 0 Å². The van der Waals surface area contributed by atoms with Crippen molar-refractivity contribution in [3.8, 4) is 11.1 Å². The molecule has 0 heteroatoms. The van der Waals surface area contributed by atoms with Gasteiger partial charge >= 0.3 is 0 Å². The van der Waals surface area contributed by atoms with Crippen molar-refractivity contribution < 1.29 is 0 Å². The van der Waals surface area contributed by atoms with Crippen LogP contribution in [0.4, 0.5) is 0 Å². The SMILES string of the molecule is C=C/C=C\C(=C/C)c1c(-c2ccccc2)c2cc(C(C)(C)CC)ccc2c2ccc(C(C)(C)C)cc12. The fraction of sp³-hybridized carbons (Fsp3) is 0.278. The lowest BCUT2D eigenvalue weighted by Crippen LogP contribution is -2.15. The maximum absolute atomic E-state index is 3.93. The lowest BCUT2D eigenvalue weighted by atomic mass is 9.78. The van der Waals surface area contributed by atoms with Crippen LogP contribution in [0.1, 0.15) is 71.6 Å². The Morgan fingerprint density at radius 1 is 0.778 bits per heavy atom. The zero-order chi connectivity index (χ0) is 26.1. The third-order valence-corrected chi connectivity index (χ3v) is 7.72. The van der Waals surface area contributed by atoms with E-state index < -0.39 is 0 Å². The minimum atomic E-state index is 0.0649. The van der Waals surface area contributed by atoms with Crippen LogP contribution in [-0.2, 0) is 10.8 Å². The highest BCUT2D eigenvalue weighted by molar-refractivity contribution is 6.20. The molecule has 0 N–H and O–H groups in total. The second-order valence-electron chi connectivity index (χ2n) is 11.5. The molecule has 184 valence electrons. The summed E-state index contributed by atoms with van der Waals surface area (Å²) in [7, 11) is 0. The van der Waals surface area contributed by atoms with Gasteiger partial charge in [-0.1, -0.05) is 127 Å². The zero-order valence-corrected chi connectivity index (χ0v) is 23.1. The molecular weight excluding hydrogens is 432 g/mol. The third kappa shape index (κ3) is 4.70.